The van der Waals surface area contributed by atoms with Gasteiger partial charge in [0, 0.05) is 6.04 Å². The van der Waals surface area contributed by atoms with Crippen molar-refractivity contribution in [1.82, 2.24) is 0 Å². The molecule has 2 aliphatic carbocycles. The highest BCUT2D eigenvalue weighted by Crippen LogP contribution is 2.52. The van der Waals surface area contributed by atoms with Crippen LogP contribution in [-0.4, -0.2) is 7.11 Å². The number of rotatable bonds is 3. The van der Waals surface area contributed by atoms with E-state index in [1.54, 1.807) is 7.11 Å². The third-order valence-corrected chi connectivity index (χ3v) is 5.11. The largest absolute Gasteiger partial charge is 0.495 e. The first kappa shape index (κ1) is 12.3. The van der Waals surface area contributed by atoms with Crippen LogP contribution in [0.4, 0.5) is 0 Å². The Morgan fingerprint density at radius 2 is 2.17 bits per heavy atom. The molecular weight excluding hydrogens is 246 g/mol. The van der Waals surface area contributed by atoms with Gasteiger partial charge in [-0.1, -0.05) is 24.1 Å². The lowest BCUT2D eigenvalue weighted by Crippen LogP contribution is -2.25. The molecule has 2 saturated carbocycles. The highest BCUT2D eigenvalue weighted by Gasteiger charge is 2.42. The van der Waals surface area contributed by atoms with Crippen LogP contribution in [0.25, 0.3) is 0 Å². The fraction of sp³-hybridized carbons (Fsp3) is 0.600. The monoisotopic (exact) mass is 265 g/mol. The molecule has 3 rings (SSSR count). The van der Waals surface area contributed by atoms with Crippen LogP contribution < -0.4 is 10.5 Å². The number of hydrogen-bond donors (Lipinski definition) is 1. The first-order chi connectivity index (χ1) is 8.69. The van der Waals surface area contributed by atoms with E-state index in [1.165, 1.54) is 25.7 Å². The highest BCUT2D eigenvalue weighted by molar-refractivity contribution is 6.32. The maximum Gasteiger partial charge on any atom is 0.137 e. The summed E-state index contributed by atoms with van der Waals surface area (Å²) in [6.45, 7) is 0. The highest BCUT2D eigenvalue weighted by atomic mass is 35.5. The maximum atomic E-state index is 6.45. The average molecular weight is 266 g/mol. The van der Waals surface area contributed by atoms with Gasteiger partial charge in [-0.3, -0.25) is 0 Å². The molecule has 4 atom stereocenters. The molecular formula is C15H20ClNO. The fourth-order valence-electron chi connectivity index (χ4n) is 3.87. The minimum absolute atomic E-state index is 0.128. The Kier molecular flexibility index (Phi) is 3.25. The maximum absolute atomic E-state index is 6.45. The molecule has 2 nitrogen and oxygen atoms in total. The van der Waals surface area contributed by atoms with E-state index < -0.39 is 0 Å². The Bertz CT molecular complexity index is 448. The van der Waals surface area contributed by atoms with Crippen molar-refractivity contribution in [3.63, 3.8) is 0 Å². The summed E-state index contributed by atoms with van der Waals surface area (Å²) < 4.78 is 5.18. The Labute approximate surface area is 113 Å². The van der Waals surface area contributed by atoms with Gasteiger partial charge in [0.2, 0.25) is 0 Å². The van der Waals surface area contributed by atoms with Gasteiger partial charge in [-0.15, -0.1) is 0 Å². The smallest absolute Gasteiger partial charge is 0.137 e. The van der Waals surface area contributed by atoms with Gasteiger partial charge in [0.15, 0.2) is 0 Å². The van der Waals surface area contributed by atoms with E-state index in [2.05, 4.69) is 6.07 Å². The van der Waals surface area contributed by atoms with Gasteiger partial charge in [-0.2, -0.15) is 0 Å². The first-order valence-corrected chi connectivity index (χ1v) is 7.16. The van der Waals surface area contributed by atoms with Crippen molar-refractivity contribution in [2.45, 2.75) is 31.7 Å². The van der Waals surface area contributed by atoms with Crippen LogP contribution in [0.5, 0.6) is 5.75 Å². The normalized spacial score (nSPS) is 31.6. The second kappa shape index (κ2) is 4.75. The number of methoxy groups -OCH3 is 1. The van der Waals surface area contributed by atoms with Crippen LogP contribution in [0.2, 0.25) is 5.02 Å². The Balaban J connectivity index is 1.80. The molecule has 2 N–H and O–H groups in total. The minimum Gasteiger partial charge on any atom is -0.495 e. The number of halogens is 1. The minimum atomic E-state index is 0.128. The third-order valence-electron chi connectivity index (χ3n) is 4.81. The molecule has 0 amide bonds. The molecule has 0 aliphatic heterocycles. The van der Waals surface area contributed by atoms with Crippen LogP contribution in [0, 0.1) is 17.8 Å². The lowest BCUT2D eigenvalue weighted by atomic mass is 9.81. The van der Waals surface area contributed by atoms with Crippen molar-refractivity contribution < 1.29 is 4.74 Å². The molecule has 3 heteroatoms. The molecule has 0 aromatic heterocycles. The van der Waals surface area contributed by atoms with Gasteiger partial charge in [-0.25, -0.2) is 0 Å². The zero-order valence-corrected chi connectivity index (χ0v) is 11.5. The van der Waals surface area contributed by atoms with Crippen molar-refractivity contribution in [2.75, 3.05) is 7.11 Å². The van der Waals surface area contributed by atoms with E-state index in [1.807, 2.05) is 12.1 Å². The third kappa shape index (κ3) is 2.02. The van der Waals surface area contributed by atoms with Gasteiger partial charge in [0.1, 0.15) is 5.75 Å². The molecule has 98 valence electrons. The van der Waals surface area contributed by atoms with Crippen molar-refractivity contribution in [3.8, 4) is 5.75 Å². The van der Waals surface area contributed by atoms with Crippen molar-refractivity contribution in [3.05, 3.63) is 28.8 Å². The van der Waals surface area contributed by atoms with E-state index in [-0.39, 0.29) is 6.04 Å². The van der Waals surface area contributed by atoms with Crippen molar-refractivity contribution in [2.24, 2.45) is 23.5 Å². The second-order valence-electron chi connectivity index (χ2n) is 5.76. The quantitative estimate of drug-likeness (QED) is 0.903. The summed E-state index contributed by atoms with van der Waals surface area (Å²) in [7, 11) is 1.64. The van der Waals surface area contributed by atoms with Gasteiger partial charge >= 0.3 is 0 Å². The lowest BCUT2D eigenvalue weighted by Gasteiger charge is -2.28. The summed E-state index contributed by atoms with van der Waals surface area (Å²) in [4.78, 5) is 0. The molecule has 2 bridgehead atoms. The summed E-state index contributed by atoms with van der Waals surface area (Å²) >= 11 is 6.18. The lowest BCUT2D eigenvalue weighted by molar-refractivity contribution is 0.284. The molecule has 0 heterocycles. The molecule has 1 aromatic carbocycles. The molecule has 0 saturated heterocycles. The van der Waals surface area contributed by atoms with E-state index in [4.69, 9.17) is 22.1 Å². The van der Waals surface area contributed by atoms with E-state index >= 15 is 0 Å². The number of ether oxygens (including phenoxy) is 1. The van der Waals surface area contributed by atoms with Gasteiger partial charge in [0.05, 0.1) is 12.1 Å². The molecule has 1 aromatic rings. The first-order valence-electron chi connectivity index (χ1n) is 6.78. The van der Waals surface area contributed by atoms with Gasteiger partial charge in [-0.05, 0) is 54.7 Å². The summed E-state index contributed by atoms with van der Waals surface area (Å²) in [5, 5.41) is 0.661. The summed E-state index contributed by atoms with van der Waals surface area (Å²) in [6.07, 6.45) is 5.47. The fourth-order valence-corrected chi connectivity index (χ4v) is 4.14. The number of nitrogens with two attached hydrogens (primary N) is 1. The van der Waals surface area contributed by atoms with Crippen molar-refractivity contribution in [1.29, 1.82) is 0 Å². The average Bonchev–Trinajstić information content (AvgIpc) is 3.00. The molecule has 0 spiro atoms. The van der Waals surface area contributed by atoms with Gasteiger partial charge < -0.3 is 10.5 Å². The van der Waals surface area contributed by atoms with Gasteiger partial charge in [0.25, 0.3) is 0 Å². The zero-order valence-electron chi connectivity index (χ0n) is 10.7. The Hall–Kier alpha value is -0.730. The molecule has 2 aliphatic rings. The Morgan fingerprint density at radius 1 is 1.33 bits per heavy atom. The molecule has 4 unspecified atom stereocenters. The van der Waals surface area contributed by atoms with Crippen LogP contribution in [0.3, 0.4) is 0 Å². The number of benzene rings is 1. The van der Waals surface area contributed by atoms with E-state index in [9.17, 15) is 0 Å². The van der Waals surface area contributed by atoms with Crippen LogP contribution >= 0.6 is 11.6 Å². The van der Waals surface area contributed by atoms with Crippen LogP contribution in [-0.2, 0) is 0 Å². The number of fused-ring (bicyclic) bond motifs is 2. The van der Waals surface area contributed by atoms with E-state index in [0.29, 0.717) is 10.9 Å². The molecule has 18 heavy (non-hydrogen) atoms. The second-order valence-corrected chi connectivity index (χ2v) is 6.17. The number of hydrogen-bond acceptors (Lipinski definition) is 2. The van der Waals surface area contributed by atoms with Crippen LogP contribution in [0.15, 0.2) is 18.2 Å². The summed E-state index contributed by atoms with van der Waals surface area (Å²) in [5.74, 6) is 3.14. The summed E-state index contributed by atoms with van der Waals surface area (Å²) in [5.41, 5.74) is 7.60. The standard InChI is InChI=1S/C15H20ClNO/c1-18-14-5-4-11(8-13(14)16)15(17)12-7-9-2-3-10(12)6-9/h4-5,8-10,12,15H,2-3,6-7,17H2,1H3. The SMILES string of the molecule is COc1ccc(C(N)C2CC3CCC2C3)cc1Cl. The van der Waals surface area contributed by atoms with E-state index in [0.717, 1.165) is 23.1 Å². The summed E-state index contributed by atoms with van der Waals surface area (Å²) in [6, 6.07) is 6.08. The molecule has 0 radical (unpaired) electrons. The molecule has 2 fully saturated rings. The zero-order chi connectivity index (χ0) is 12.7. The topological polar surface area (TPSA) is 35.2 Å². The predicted molar refractivity (Wildman–Crippen MR) is 73.9 cm³/mol. The van der Waals surface area contributed by atoms with Crippen LogP contribution in [0.1, 0.15) is 37.3 Å². The Morgan fingerprint density at radius 3 is 2.72 bits per heavy atom. The predicted octanol–water partition coefficient (Wildman–Crippen LogP) is 3.78. The van der Waals surface area contributed by atoms with Crippen molar-refractivity contribution >= 4 is 11.6 Å².